The summed E-state index contributed by atoms with van der Waals surface area (Å²) in [6.45, 7) is 2.04. The molecule has 0 saturated heterocycles. The predicted octanol–water partition coefficient (Wildman–Crippen LogP) is 3.17. The fraction of sp³-hybridized carbons (Fsp3) is 0.261. The van der Waals surface area contributed by atoms with E-state index in [1.54, 1.807) is 12.3 Å². The lowest BCUT2D eigenvalue weighted by atomic mass is 10.1. The molecule has 1 aliphatic heterocycles. The van der Waals surface area contributed by atoms with Crippen LogP contribution in [-0.2, 0) is 11.2 Å². The van der Waals surface area contributed by atoms with Gasteiger partial charge in [-0.1, -0.05) is 12.1 Å². The molecule has 1 atom stereocenters. The molecule has 1 amide bonds. The fourth-order valence-corrected chi connectivity index (χ4v) is 4.03. The number of rotatable bonds is 5. The Kier molecular flexibility index (Phi) is 5.14. The van der Waals surface area contributed by atoms with Crippen molar-refractivity contribution in [2.75, 3.05) is 26.6 Å². The largest absolute Gasteiger partial charge is 0.493 e. The topological polar surface area (TPSA) is 95.9 Å². The number of hydrogen-bond acceptors (Lipinski definition) is 6. The molecule has 2 heterocycles. The van der Waals surface area contributed by atoms with Gasteiger partial charge in [0.15, 0.2) is 11.5 Å². The Morgan fingerprint density at radius 2 is 1.77 bits per heavy atom. The normalized spacial score (nSPS) is 14.4. The van der Waals surface area contributed by atoms with E-state index in [1.165, 1.54) is 33.5 Å². The number of nitrogens with one attached hydrogen (secondary N) is 1. The summed E-state index contributed by atoms with van der Waals surface area (Å²) in [7, 11) is 4.12. The van der Waals surface area contributed by atoms with Crippen molar-refractivity contribution in [2.45, 2.75) is 19.4 Å². The minimum atomic E-state index is -0.664. The highest BCUT2D eigenvalue weighted by molar-refractivity contribution is 6.09. The van der Waals surface area contributed by atoms with Gasteiger partial charge in [-0.25, -0.2) is 4.79 Å². The number of esters is 1. The second-order valence-electron chi connectivity index (χ2n) is 7.34. The molecule has 1 N–H and O–H groups in total. The quantitative estimate of drug-likeness (QED) is 0.635. The molecule has 2 aromatic carbocycles. The molecule has 0 fully saturated rings. The van der Waals surface area contributed by atoms with E-state index in [1.807, 2.05) is 23.6 Å². The van der Waals surface area contributed by atoms with Crippen molar-refractivity contribution in [3.8, 4) is 11.5 Å². The van der Waals surface area contributed by atoms with Gasteiger partial charge in [0.05, 0.1) is 38.1 Å². The molecule has 0 radical (unpaired) electrons. The number of aromatic nitrogens is 1. The highest BCUT2D eigenvalue weighted by Gasteiger charge is 2.26. The zero-order valence-electron chi connectivity index (χ0n) is 17.6. The summed E-state index contributed by atoms with van der Waals surface area (Å²) in [5.41, 5.74) is 1.80. The Bertz CT molecular complexity index is 1280. The maximum absolute atomic E-state index is 13.1. The summed E-state index contributed by atoms with van der Waals surface area (Å²) in [6.07, 6.45) is 2.38. The number of benzene rings is 2. The molecule has 8 nitrogen and oxygen atoms in total. The predicted molar refractivity (Wildman–Crippen MR) is 115 cm³/mol. The Hall–Kier alpha value is -3.81. The van der Waals surface area contributed by atoms with E-state index in [0.717, 1.165) is 17.5 Å². The molecular formula is C23H22N2O6. The molecule has 31 heavy (non-hydrogen) atoms. The van der Waals surface area contributed by atoms with E-state index >= 15 is 0 Å². The van der Waals surface area contributed by atoms with Crippen LogP contribution in [0.25, 0.3) is 10.9 Å². The third-order valence-electron chi connectivity index (χ3n) is 5.55. The van der Waals surface area contributed by atoms with Gasteiger partial charge in [0, 0.05) is 29.8 Å². The summed E-state index contributed by atoms with van der Waals surface area (Å²) in [5.74, 6) is -0.667. The number of carbonyl (C=O) groups excluding carboxylic acids is 2. The maximum Gasteiger partial charge on any atom is 0.340 e. The summed E-state index contributed by atoms with van der Waals surface area (Å²) in [4.78, 5) is 38.5. The van der Waals surface area contributed by atoms with E-state index in [2.05, 4.69) is 5.32 Å². The molecule has 1 aromatic heterocycles. The number of nitrogens with zero attached hydrogens (tertiary/aromatic N) is 1. The SMILES string of the molecule is COC(=O)c1cc(OC)c(OC)cc1NC(=O)c1cn2c3c(cccc3c1=O)C[C@H]2C. The van der Waals surface area contributed by atoms with Crippen molar-refractivity contribution < 1.29 is 23.8 Å². The molecule has 1 aliphatic rings. The van der Waals surface area contributed by atoms with E-state index in [-0.39, 0.29) is 28.3 Å². The van der Waals surface area contributed by atoms with Crippen LogP contribution < -0.4 is 20.2 Å². The van der Waals surface area contributed by atoms with Crippen molar-refractivity contribution >= 4 is 28.5 Å². The molecular weight excluding hydrogens is 400 g/mol. The van der Waals surface area contributed by atoms with E-state index < -0.39 is 11.9 Å². The monoisotopic (exact) mass is 422 g/mol. The van der Waals surface area contributed by atoms with Crippen LogP contribution in [0.15, 0.2) is 41.3 Å². The third kappa shape index (κ3) is 3.30. The van der Waals surface area contributed by atoms with Gasteiger partial charge in [-0.3, -0.25) is 9.59 Å². The van der Waals surface area contributed by atoms with E-state index in [0.29, 0.717) is 16.9 Å². The Morgan fingerprint density at radius 1 is 1.06 bits per heavy atom. The number of para-hydroxylation sites is 1. The van der Waals surface area contributed by atoms with Crippen molar-refractivity contribution in [2.24, 2.45) is 0 Å². The number of carbonyl (C=O) groups is 2. The zero-order valence-corrected chi connectivity index (χ0v) is 17.6. The van der Waals surface area contributed by atoms with Crippen LogP contribution in [0, 0.1) is 0 Å². The second-order valence-corrected chi connectivity index (χ2v) is 7.34. The Morgan fingerprint density at radius 3 is 2.45 bits per heavy atom. The van der Waals surface area contributed by atoms with Crippen molar-refractivity contribution in [3.63, 3.8) is 0 Å². The van der Waals surface area contributed by atoms with Crippen LogP contribution in [0.2, 0.25) is 0 Å². The highest BCUT2D eigenvalue weighted by Crippen LogP contribution is 2.34. The van der Waals surface area contributed by atoms with Crippen LogP contribution in [-0.4, -0.2) is 37.8 Å². The lowest BCUT2D eigenvalue weighted by Crippen LogP contribution is -2.24. The first-order chi connectivity index (χ1) is 14.9. The lowest BCUT2D eigenvalue weighted by molar-refractivity contribution is 0.0601. The standard InChI is InChI=1S/C23H22N2O6/c1-12-8-13-6-5-7-14-20(13)25(12)11-16(21(14)26)22(27)24-17-10-19(30-3)18(29-2)9-15(17)23(28)31-4/h5-7,9-12H,8H2,1-4H3,(H,24,27)/t12-/m1/s1. The molecule has 3 aromatic rings. The minimum Gasteiger partial charge on any atom is -0.493 e. The van der Waals surface area contributed by atoms with Crippen LogP contribution in [0.4, 0.5) is 5.69 Å². The molecule has 8 heteroatoms. The molecule has 0 aliphatic carbocycles. The number of methoxy groups -OCH3 is 3. The van der Waals surface area contributed by atoms with Crippen LogP contribution in [0.3, 0.4) is 0 Å². The van der Waals surface area contributed by atoms with Crippen molar-refractivity contribution in [1.29, 1.82) is 0 Å². The summed E-state index contributed by atoms with van der Waals surface area (Å²) in [5, 5.41) is 3.16. The van der Waals surface area contributed by atoms with Gasteiger partial charge in [0.2, 0.25) is 5.43 Å². The van der Waals surface area contributed by atoms with Gasteiger partial charge in [0.1, 0.15) is 5.56 Å². The highest BCUT2D eigenvalue weighted by atomic mass is 16.5. The van der Waals surface area contributed by atoms with Gasteiger partial charge in [-0.2, -0.15) is 0 Å². The zero-order chi connectivity index (χ0) is 22.3. The van der Waals surface area contributed by atoms with Gasteiger partial charge in [-0.15, -0.1) is 0 Å². The first-order valence-electron chi connectivity index (χ1n) is 9.72. The van der Waals surface area contributed by atoms with Crippen LogP contribution in [0.1, 0.15) is 39.2 Å². The number of pyridine rings is 1. The van der Waals surface area contributed by atoms with Crippen molar-refractivity contribution in [3.05, 3.63) is 63.4 Å². The molecule has 160 valence electrons. The smallest absolute Gasteiger partial charge is 0.340 e. The number of hydrogen-bond donors (Lipinski definition) is 1. The third-order valence-corrected chi connectivity index (χ3v) is 5.55. The second kappa shape index (κ2) is 7.79. The molecule has 0 spiro atoms. The fourth-order valence-electron chi connectivity index (χ4n) is 4.03. The van der Waals surface area contributed by atoms with Crippen LogP contribution >= 0.6 is 0 Å². The van der Waals surface area contributed by atoms with Gasteiger partial charge >= 0.3 is 5.97 Å². The minimum absolute atomic E-state index is 0.0102. The molecule has 0 saturated carbocycles. The van der Waals surface area contributed by atoms with Gasteiger partial charge in [0.25, 0.3) is 5.91 Å². The van der Waals surface area contributed by atoms with Crippen molar-refractivity contribution in [1.82, 2.24) is 4.57 Å². The first-order valence-corrected chi connectivity index (χ1v) is 9.72. The maximum atomic E-state index is 13.1. The van der Waals surface area contributed by atoms with E-state index in [4.69, 9.17) is 14.2 Å². The van der Waals surface area contributed by atoms with E-state index in [9.17, 15) is 14.4 Å². The lowest BCUT2D eigenvalue weighted by Gasteiger charge is -2.16. The summed E-state index contributed by atoms with van der Waals surface area (Å²) in [6, 6.07) is 8.55. The summed E-state index contributed by atoms with van der Waals surface area (Å²) >= 11 is 0. The average molecular weight is 422 g/mol. The molecule has 0 bridgehead atoms. The summed E-state index contributed by atoms with van der Waals surface area (Å²) < 4.78 is 17.3. The Labute approximate surface area is 178 Å². The van der Waals surface area contributed by atoms with Gasteiger partial charge in [-0.05, 0) is 25.0 Å². The molecule has 0 unspecified atom stereocenters. The average Bonchev–Trinajstić information content (AvgIpc) is 3.10. The number of anilines is 1. The van der Waals surface area contributed by atoms with Gasteiger partial charge < -0.3 is 24.1 Å². The first kappa shape index (κ1) is 20.5. The Balaban J connectivity index is 1.81. The number of amides is 1. The molecule has 4 rings (SSSR count). The van der Waals surface area contributed by atoms with Crippen LogP contribution in [0.5, 0.6) is 11.5 Å². The number of ether oxygens (including phenoxy) is 3.